The van der Waals surface area contributed by atoms with Crippen LogP contribution in [0.1, 0.15) is 5.56 Å². The molecule has 10 nitrogen and oxygen atoms in total. The van der Waals surface area contributed by atoms with Crippen LogP contribution in [0.5, 0.6) is 0 Å². The van der Waals surface area contributed by atoms with Crippen molar-refractivity contribution in [3.8, 4) is 5.69 Å². The molecule has 1 aromatic carbocycles. The number of hydrogen-bond acceptors (Lipinski definition) is 6. The molecule has 0 spiro atoms. The quantitative estimate of drug-likeness (QED) is 0.453. The highest BCUT2D eigenvalue weighted by Crippen LogP contribution is 2.10. The Labute approximate surface area is 164 Å². The van der Waals surface area contributed by atoms with Crippen molar-refractivity contribution in [1.82, 2.24) is 28.5 Å². The van der Waals surface area contributed by atoms with Crippen LogP contribution in [0.2, 0.25) is 0 Å². The smallest absolute Gasteiger partial charge is 0.333 e. The summed E-state index contributed by atoms with van der Waals surface area (Å²) in [6, 6.07) is 9.17. The average molecular weight is 394 g/mol. The number of ether oxygens (including phenoxy) is 1. The summed E-state index contributed by atoms with van der Waals surface area (Å²) in [7, 11) is 3.15. The maximum absolute atomic E-state index is 12.6. The van der Waals surface area contributed by atoms with Gasteiger partial charge in [-0.15, -0.1) is 0 Å². The Morgan fingerprint density at radius 3 is 2.59 bits per heavy atom. The molecule has 3 aromatic heterocycles. The molecule has 0 aliphatic rings. The summed E-state index contributed by atoms with van der Waals surface area (Å²) >= 11 is 0. The van der Waals surface area contributed by atoms with E-state index in [9.17, 15) is 14.4 Å². The average Bonchev–Trinajstić information content (AvgIpc) is 3.38. The first-order valence-corrected chi connectivity index (χ1v) is 8.81. The number of aryl methyl sites for hydroxylation is 2. The summed E-state index contributed by atoms with van der Waals surface area (Å²) in [4.78, 5) is 41.3. The number of aromatic nitrogens is 6. The lowest BCUT2D eigenvalue weighted by molar-refractivity contribution is -0.145. The number of carbonyl (C=O) groups is 1. The van der Waals surface area contributed by atoms with Gasteiger partial charge in [-0.25, -0.2) is 19.0 Å². The first kappa shape index (κ1) is 18.4. The molecule has 3 heterocycles. The third-order valence-corrected chi connectivity index (χ3v) is 4.59. The lowest BCUT2D eigenvalue weighted by atomic mass is 10.2. The molecule has 0 N–H and O–H groups in total. The lowest BCUT2D eigenvalue weighted by Crippen LogP contribution is -2.41. The molecule has 29 heavy (non-hydrogen) atoms. The largest absolute Gasteiger partial charge is 0.459 e. The maximum Gasteiger partial charge on any atom is 0.333 e. The molecule has 10 heteroatoms. The highest BCUT2D eigenvalue weighted by Gasteiger charge is 2.17. The van der Waals surface area contributed by atoms with Gasteiger partial charge in [0.05, 0.1) is 12.0 Å². The van der Waals surface area contributed by atoms with Gasteiger partial charge < -0.3 is 9.30 Å². The molecule has 0 aliphatic carbocycles. The third-order valence-electron chi connectivity index (χ3n) is 4.59. The summed E-state index contributed by atoms with van der Waals surface area (Å²) in [5.41, 5.74) is 0.963. The van der Waals surface area contributed by atoms with Crippen molar-refractivity contribution < 1.29 is 9.53 Å². The predicted molar refractivity (Wildman–Crippen MR) is 104 cm³/mol. The highest BCUT2D eigenvalue weighted by atomic mass is 16.5. The van der Waals surface area contributed by atoms with Gasteiger partial charge in [0.1, 0.15) is 13.2 Å². The predicted octanol–water partition coefficient (Wildman–Crippen LogP) is 0.363. The third kappa shape index (κ3) is 3.35. The van der Waals surface area contributed by atoms with Crippen LogP contribution in [0.25, 0.3) is 16.9 Å². The SMILES string of the molecule is Cn1cnc2c1c(=O)n(CC(=O)OCc1ccc(-n3cccn3)cc1)c(=O)n2C. The number of carbonyl (C=O) groups excluding carboxylic acids is 1. The fourth-order valence-electron chi connectivity index (χ4n) is 3.04. The number of rotatable bonds is 5. The normalized spacial score (nSPS) is 11.1. The topological polar surface area (TPSA) is 106 Å². The molecule has 0 aliphatic heterocycles. The van der Waals surface area contributed by atoms with Gasteiger partial charge in [0.25, 0.3) is 5.56 Å². The van der Waals surface area contributed by atoms with E-state index < -0.39 is 23.8 Å². The van der Waals surface area contributed by atoms with Crippen molar-refractivity contribution in [1.29, 1.82) is 0 Å². The second-order valence-electron chi connectivity index (χ2n) is 6.54. The Morgan fingerprint density at radius 2 is 1.90 bits per heavy atom. The Morgan fingerprint density at radius 1 is 1.14 bits per heavy atom. The van der Waals surface area contributed by atoms with E-state index in [1.54, 1.807) is 17.9 Å². The minimum absolute atomic E-state index is 0.0290. The zero-order valence-corrected chi connectivity index (χ0v) is 15.8. The van der Waals surface area contributed by atoms with Crippen LogP contribution >= 0.6 is 0 Å². The number of esters is 1. The molecule has 0 saturated carbocycles. The molecule has 0 radical (unpaired) electrons. The summed E-state index contributed by atoms with van der Waals surface area (Å²) in [5, 5.41) is 4.15. The van der Waals surface area contributed by atoms with E-state index in [0.717, 1.165) is 15.8 Å². The van der Waals surface area contributed by atoms with Gasteiger partial charge in [0.2, 0.25) is 0 Å². The van der Waals surface area contributed by atoms with Crippen molar-refractivity contribution in [2.75, 3.05) is 0 Å². The zero-order valence-electron chi connectivity index (χ0n) is 15.8. The minimum Gasteiger partial charge on any atom is -0.459 e. The van der Waals surface area contributed by atoms with Crippen LogP contribution in [-0.4, -0.2) is 34.4 Å². The van der Waals surface area contributed by atoms with E-state index in [1.807, 2.05) is 36.5 Å². The number of fused-ring (bicyclic) bond motifs is 1. The van der Waals surface area contributed by atoms with Crippen molar-refractivity contribution in [3.63, 3.8) is 0 Å². The molecule has 148 valence electrons. The van der Waals surface area contributed by atoms with E-state index in [2.05, 4.69) is 10.1 Å². The van der Waals surface area contributed by atoms with Crippen LogP contribution < -0.4 is 11.2 Å². The van der Waals surface area contributed by atoms with E-state index >= 15 is 0 Å². The summed E-state index contributed by atoms with van der Waals surface area (Å²) in [5.74, 6) is -0.679. The van der Waals surface area contributed by atoms with E-state index in [0.29, 0.717) is 0 Å². The van der Waals surface area contributed by atoms with Gasteiger partial charge in [-0.2, -0.15) is 5.10 Å². The first-order valence-electron chi connectivity index (χ1n) is 8.81. The Kier molecular flexibility index (Phi) is 4.59. The molecule has 0 fully saturated rings. The van der Waals surface area contributed by atoms with Crippen LogP contribution in [0.3, 0.4) is 0 Å². The molecule has 4 rings (SSSR count). The fraction of sp³-hybridized carbons (Fsp3) is 0.211. The van der Waals surface area contributed by atoms with Gasteiger partial charge in [-0.1, -0.05) is 12.1 Å². The highest BCUT2D eigenvalue weighted by molar-refractivity contribution is 5.72. The van der Waals surface area contributed by atoms with Gasteiger partial charge in [0.15, 0.2) is 11.2 Å². The summed E-state index contributed by atoms with van der Waals surface area (Å²) in [6.07, 6.45) is 4.96. The Balaban J connectivity index is 1.48. The zero-order chi connectivity index (χ0) is 20.5. The summed E-state index contributed by atoms with van der Waals surface area (Å²) < 4.78 is 10.6. The second-order valence-corrected chi connectivity index (χ2v) is 6.54. The number of hydrogen-bond donors (Lipinski definition) is 0. The van der Waals surface area contributed by atoms with Crippen molar-refractivity contribution >= 4 is 17.1 Å². The molecule has 0 amide bonds. The van der Waals surface area contributed by atoms with E-state index in [1.165, 1.54) is 22.5 Å². The molecule has 0 unspecified atom stereocenters. The van der Waals surface area contributed by atoms with Crippen LogP contribution in [0.4, 0.5) is 0 Å². The molecular weight excluding hydrogens is 376 g/mol. The van der Waals surface area contributed by atoms with Gasteiger partial charge in [-0.3, -0.25) is 14.2 Å². The minimum atomic E-state index is -0.679. The lowest BCUT2D eigenvalue weighted by Gasteiger charge is -2.09. The van der Waals surface area contributed by atoms with Gasteiger partial charge in [-0.05, 0) is 23.8 Å². The number of benzene rings is 1. The van der Waals surface area contributed by atoms with Crippen LogP contribution in [-0.2, 0) is 36.8 Å². The maximum atomic E-state index is 12.6. The second kappa shape index (κ2) is 7.23. The molecular formula is C19H18N6O4. The fourth-order valence-corrected chi connectivity index (χ4v) is 3.04. The first-order chi connectivity index (χ1) is 14.0. The van der Waals surface area contributed by atoms with Gasteiger partial charge >= 0.3 is 11.7 Å². The summed E-state index contributed by atoms with van der Waals surface area (Å²) in [6.45, 7) is -0.445. The molecule has 4 aromatic rings. The number of nitrogens with zero attached hydrogens (tertiary/aromatic N) is 6. The van der Waals surface area contributed by atoms with Crippen molar-refractivity contribution in [2.24, 2.45) is 14.1 Å². The monoisotopic (exact) mass is 394 g/mol. The molecule has 0 bridgehead atoms. The molecule has 0 atom stereocenters. The molecule has 0 saturated heterocycles. The number of imidazole rings is 1. The Bertz CT molecular complexity index is 1300. The van der Waals surface area contributed by atoms with Crippen LogP contribution in [0.15, 0.2) is 58.6 Å². The van der Waals surface area contributed by atoms with Crippen molar-refractivity contribution in [2.45, 2.75) is 13.2 Å². The van der Waals surface area contributed by atoms with Crippen molar-refractivity contribution in [3.05, 3.63) is 75.5 Å². The standard InChI is InChI=1S/C19H18N6O4/c1-22-12-20-17-16(22)18(27)24(19(28)23(17)2)10-15(26)29-11-13-4-6-14(7-5-13)25-9-3-8-21-25/h3-9,12H,10-11H2,1-2H3. The Hall–Kier alpha value is -3.95. The van der Waals surface area contributed by atoms with E-state index in [4.69, 9.17) is 4.74 Å². The van der Waals surface area contributed by atoms with Gasteiger partial charge in [0, 0.05) is 26.5 Å². The van der Waals surface area contributed by atoms with E-state index in [-0.39, 0.29) is 17.8 Å². The van der Waals surface area contributed by atoms with Crippen LogP contribution in [0, 0.1) is 0 Å².